The number of halogens is 2. The zero-order valence-corrected chi connectivity index (χ0v) is 11.5. The van der Waals surface area contributed by atoms with Crippen LogP contribution in [0.25, 0.3) is 0 Å². The molecular formula is C12H13F2NO4S. The number of nitrogens with zero attached hydrogens (tertiary/aromatic N) is 1. The highest BCUT2D eigenvalue weighted by molar-refractivity contribution is 7.89. The van der Waals surface area contributed by atoms with Gasteiger partial charge in [0.2, 0.25) is 10.0 Å². The number of hydrogen-bond acceptors (Lipinski definition) is 3. The molecular weight excluding hydrogens is 292 g/mol. The molecule has 2 rings (SSSR count). The van der Waals surface area contributed by atoms with Crippen LogP contribution in [0.4, 0.5) is 8.78 Å². The van der Waals surface area contributed by atoms with Gasteiger partial charge in [0.1, 0.15) is 16.5 Å². The first-order valence-electron chi connectivity index (χ1n) is 5.85. The van der Waals surface area contributed by atoms with E-state index in [1.165, 1.54) is 6.92 Å². The van der Waals surface area contributed by atoms with Gasteiger partial charge in [-0.3, -0.25) is 4.79 Å². The molecule has 0 spiro atoms. The molecule has 8 heteroatoms. The largest absolute Gasteiger partial charge is 0.481 e. The van der Waals surface area contributed by atoms with E-state index in [1.54, 1.807) is 0 Å². The van der Waals surface area contributed by atoms with E-state index in [2.05, 4.69) is 0 Å². The number of carboxylic acids is 1. The van der Waals surface area contributed by atoms with E-state index < -0.39 is 37.9 Å². The minimum Gasteiger partial charge on any atom is -0.481 e. The van der Waals surface area contributed by atoms with Crippen molar-refractivity contribution in [1.29, 1.82) is 0 Å². The quantitative estimate of drug-likeness (QED) is 0.917. The van der Waals surface area contributed by atoms with Crippen molar-refractivity contribution in [3.63, 3.8) is 0 Å². The van der Waals surface area contributed by atoms with Crippen LogP contribution in [0.3, 0.4) is 0 Å². The molecule has 0 aliphatic carbocycles. The second-order valence-corrected chi connectivity index (χ2v) is 6.94. The molecule has 0 aromatic heterocycles. The van der Waals surface area contributed by atoms with Crippen molar-refractivity contribution in [2.24, 2.45) is 5.41 Å². The van der Waals surface area contributed by atoms with Gasteiger partial charge in [-0.25, -0.2) is 17.2 Å². The van der Waals surface area contributed by atoms with Gasteiger partial charge < -0.3 is 5.11 Å². The van der Waals surface area contributed by atoms with Gasteiger partial charge in [0.05, 0.1) is 5.41 Å². The summed E-state index contributed by atoms with van der Waals surface area (Å²) in [6.45, 7) is 1.19. The van der Waals surface area contributed by atoms with E-state index in [-0.39, 0.29) is 19.5 Å². The molecule has 1 aromatic carbocycles. The average Bonchev–Trinajstić information content (AvgIpc) is 2.73. The Hall–Kier alpha value is -1.54. The molecule has 1 saturated heterocycles. The molecule has 1 heterocycles. The van der Waals surface area contributed by atoms with E-state index in [0.29, 0.717) is 6.07 Å². The molecule has 0 amide bonds. The molecule has 1 fully saturated rings. The molecule has 1 unspecified atom stereocenters. The maximum Gasteiger partial charge on any atom is 0.310 e. The predicted molar refractivity (Wildman–Crippen MR) is 65.5 cm³/mol. The van der Waals surface area contributed by atoms with Gasteiger partial charge in [-0.2, -0.15) is 4.31 Å². The molecule has 1 aliphatic heterocycles. The summed E-state index contributed by atoms with van der Waals surface area (Å²) < 4.78 is 51.8. The fraction of sp³-hybridized carbons (Fsp3) is 0.417. The summed E-state index contributed by atoms with van der Waals surface area (Å²) in [7, 11) is -4.16. The van der Waals surface area contributed by atoms with Gasteiger partial charge >= 0.3 is 5.97 Å². The fourth-order valence-corrected chi connectivity index (χ4v) is 3.73. The van der Waals surface area contributed by atoms with Crippen molar-refractivity contribution in [2.45, 2.75) is 18.2 Å². The van der Waals surface area contributed by atoms with Gasteiger partial charge in [0.15, 0.2) is 0 Å². The summed E-state index contributed by atoms with van der Waals surface area (Å²) in [4.78, 5) is 10.5. The Morgan fingerprint density at radius 1 is 1.40 bits per heavy atom. The van der Waals surface area contributed by atoms with Crippen LogP contribution in [0.15, 0.2) is 23.1 Å². The number of carboxylic acid groups (broad SMARTS) is 1. The second kappa shape index (κ2) is 4.78. The van der Waals surface area contributed by atoms with Crippen molar-refractivity contribution in [1.82, 2.24) is 4.31 Å². The number of aliphatic carboxylic acids is 1. The molecule has 1 N–H and O–H groups in total. The van der Waals surface area contributed by atoms with Gasteiger partial charge in [0.25, 0.3) is 0 Å². The third-order valence-electron chi connectivity index (χ3n) is 3.47. The SMILES string of the molecule is CC1(C(=O)O)CCN(S(=O)(=O)c2ccc(F)cc2F)C1. The van der Waals surface area contributed by atoms with Crippen LogP contribution < -0.4 is 0 Å². The Morgan fingerprint density at radius 3 is 2.55 bits per heavy atom. The standard InChI is InChI=1S/C12H13F2NO4S/c1-12(11(16)17)4-5-15(7-12)20(18,19)10-3-2-8(13)6-9(10)14/h2-3,6H,4-5,7H2,1H3,(H,16,17). The lowest BCUT2D eigenvalue weighted by Gasteiger charge is -2.20. The normalized spacial score (nSPS) is 23.9. The number of sulfonamides is 1. The summed E-state index contributed by atoms with van der Waals surface area (Å²) in [6, 6.07) is 2.18. The molecule has 1 atom stereocenters. The number of hydrogen-bond donors (Lipinski definition) is 1. The van der Waals surface area contributed by atoms with Crippen LogP contribution in [0.1, 0.15) is 13.3 Å². The Bertz CT molecular complexity index is 661. The summed E-state index contributed by atoms with van der Waals surface area (Å²) in [5.41, 5.74) is -1.19. The second-order valence-electron chi connectivity index (χ2n) is 5.03. The lowest BCUT2D eigenvalue weighted by Crippen LogP contribution is -2.35. The van der Waals surface area contributed by atoms with Crippen molar-refractivity contribution in [3.8, 4) is 0 Å². The van der Waals surface area contributed by atoms with Crippen molar-refractivity contribution in [2.75, 3.05) is 13.1 Å². The Balaban J connectivity index is 2.35. The molecule has 0 saturated carbocycles. The molecule has 1 aliphatic rings. The molecule has 5 nitrogen and oxygen atoms in total. The zero-order chi connectivity index (χ0) is 15.1. The molecule has 0 bridgehead atoms. The molecule has 1 aromatic rings. The molecule has 20 heavy (non-hydrogen) atoms. The van der Waals surface area contributed by atoms with Crippen LogP contribution in [0.2, 0.25) is 0 Å². The Morgan fingerprint density at radius 2 is 2.05 bits per heavy atom. The predicted octanol–water partition coefficient (Wildman–Crippen LogP) is 1.45. The minimum absolute atomic E-state index is 0.0120. The highest BCUT2D eigenvalue weighted by Gasteiger charge is 2.45. The van der Waals surface area contributed by atoms with Crippen LogP contribution >= 0.6 is 0 Å². The van der Waals surface area contributed by atoms with Crippen LogP contribution in [-0.4, -0.2) is 36.9 Å². The summed E-state index contributed by atoms with van der Waals surface area (Å²) in [5, 5.41) is 9.07. The third-order valence-corrected chi connectivity index (χ3v) is 5.34. The number of rotatable bonds is 3. The van der Waals surface area contributed by atoms with E-state index >= 15 is 0 Å². The first-order valence-corrected chi connectivity index (χ1v) is 7.29. The smallest absolute Gasteiger partial charge is 0.310 e. The van der Waals surface area contributed by atoms with Crippen LogP contribution in [0.5, 0.6) is 0 Å². The Kier molecular flexibility index (Phi) is 3.55. The maximum atomic E-state index is 13.6. The summed E-state index contributed by atoms with van der Waals surface area (Å²) >= 11 is 0. The monoisotopic (exact) mass is 305 g/mol. The maximum absolute atomic E-state index is 13.6. The average molecular weight is 305 g/mol. The zero-order valence-electron chi connectivity index (χ0n) is 10.6. The number of benzene rings is 1. The molecule has 0 radical (unpaired) electrons. The van der Waals surface area contributed by atoms with Gasteiger partial charge in [-0.15, -0.1) is 0 Å². The summed E-state index contributed by atoms with van der Waals surface area (Å²) in [6.07, 6.45) is 0.143. The van der Waals surface area contributed by atoms with Crippen molar-refractivity contribution < 1.29 is 27.1 Å². The fourth-order valence-electron chi connectivity index (χ4n) is 2.12. The van der Waals surface area contributed by atoms with Crippen molar-refractivity contribution >= 4 is 16.0 Å². The number of carbonyl (C=O) groups is 1. The van der Waals surface area contributed by atoms with Crippen LogP contribution in [0, 0.1) is 17.0 Å². The highest BCUT2D eigenvalue weighted by Crippen LogP contribution is 2.34. The van der Waals surface area contributed by atoms with E-state index in [4.69, 9.17) is 5.11 Å². The Labute approximate surface area is 114 Å². The lowest BCUT2D eigenvalue weighted by atomic mass is 9.90. The van der Waals surface area contributed by atoms with Crippen LogP contribution in [-0.2, 0) is 14.8 Å². The summed E-state index contributed by atoms with van der Waals surface area (Å²) in [5.74, 6) is -3.16. The minimum atomic E-state index is -4.16. The van der Waals surface area contributed by atoms with E-state index in [9.17, 15) is 22.0 Å². The third kappa shape index (κ3) is 2.40. The van der Waals surface area contributed by atoms with Gasteiger partial charge in [0, 0.05) is 19.2 Å². The van der Waals surface area contributed by atoms with E-state index in [0.717, 1.165) is 16.4 Å². The first kappa shape index (κ1) is 14.9. The first-order chi connectivity index (χ1) is 9.17. The van der Waals surface area contributed by atoms with Gasteiger partial charge in [-0.05, 0) is 25.5 Å². The lowest BCUT2D eigenvalue weighted by molar-refractivity contribution is -0.146. The van der Waals surface area contributed by atoms with Crippen molar-refractivity contribution in [3.05, 3.63) is 29.8 Å². The van der Waals surface area contributed by atoms with E-state index in [1.807, 2.05) is 0 Å². The molecule has 110 valence electrons. The van der Waals surface area contributed by atoms with Gasteiger partial charge in [-0.1, -0.05) is 0 Å². The topological polar surface area (TPSA) is 74.7 Å². The highest BCUT2D eigenvalue weighted by atomic mass is 32.2.